The highest BCUT2D eigenvalue weighted by atomic mass is 16.1. The van der Waals surface area contributed by atoms with E-state index in [0.717, 1.165) is 5.69 Å². The lowest BCUT2D eigenvalue weighted by molar-refractivity contribution is 0.102. The molecule has 0 fully saturated rings. The maximum absolute atomic E-state index is 11.9. The van der Waals surface area contributed by atoms with Crippen molar-refractivity contribution in [3.05, 3.63) is 54.6 Å². The number of rotatable bonds is 3. The van der Waals surface area contributed by atoms with Crippen LogP contribution in [0.3, 0.4) is 0 Å². The number of carbonyl (C=O) groups excluding carboxylic acids is 1. The number of nitrogens with zero attached hydrogens (tertiary/aromatic N) is 4. The second kappa shape index (κ2) is 4.73. The first-order valence-electron chi connectivity index (χ1n) is 5.60. The number of aromatic amines is 1. The molecule has 0 aliphatic carbocycles. The summed E-state index contributed by atoms with van der Waals surface area (Å²) in [5, 5.41) is 12.9. The van der Waals surface area contributed by atoms with Crippen molar-refractivity contribution in [3.8, 4) is 5.69 Å². The van der Waals surface area contributed by atoms with E-state index in [1.54, 1.807) is 23.0 Å². The van der Waals surface area contributed by atoms with E-state index in [1.807, 2.05) is 24.4 Å². The Hall–Kier alpha value is -2.96. The number of carbonyl (C=O) groups is 1. The Morgan fingerprint density at radius 3 is 2.74 bits per heavy atom. The van der Waals surface area contributed by atoms with Crippen molar-refractivity contribution < 1.29 is 4.79 Å². The quantitative estimate of drug-likeness (QED) is 0.736. The Kier molecular flexibility index (Phi) is 2.77. The smallest absolute Gasteiger partial charge is 0.258 e. The van der Waals surface area contributed by atoms with Crippen molar-refractivity contribution in [2.75, 3.05) is 5.32 Å². The van der Waals surface area contributed by atoms with Crippen LogP contribution in [0, 0.1) is 0 Å². The molecule has 7 heteroatoms. The fourth-order valence-corrected chi connectivity index (χ4v) is 1.63. The first-order valence-corrected chi connectivity index (χ1v) is 5.60. The van der Waals surface area contributed by atoms with E-state index in [1.165, 1.54) is 6.33 Å². The van der Waals surface area contributed by atoms with E-state index in [0.29, 0.717) is 11.5 Å². The molecule has 0 atom stereocenters. The highest BCUT2D eigenvalue weighted by molar-refractivity contribution is 6.03. The maximum atomic E-state index is 11.9. The SMILES string of the molecule is O=C(Nc1ncn[nH]1)c1ccc(-n2cccn2)cc1. The van der Waals surface area contributed by atoms with Gasteiger partial charge in [-0.1, -0.05) is 0 Å². The lowest BCUT2D eigenvalue weighted by atomic mass is 10.2. The molecule has 0 saturated carbocycles. The summed E-state index contributed by atoms with van der Waals surface area (Å²) >= 11 is 0. The molecule has 7 nitrogen and oxygen atoms in total. The predicted octanol–water partition coefficient (Wildman–Crippen LogP) is 1.24. The standard InChI is InChI=1S/C12H10N6O/c19-11(16-12-13-8-14-17-12)9-2-4-10(5-3-9)18-7-1-6-15-18/h1-8H,(H2,13,14,16,17,19). The Bertz CT molecular complexity index is 657. The first kappa shape index (κ1) is 11.1. The van der Waals surface area contributed by atoms with Gasteiger partial charge in [-0.15, -0.1) is 0 Å². The van der Waals surface area contributed by atoms with Crippen molar-refractivity contribution in [3.63, 3.8) is 0 Å². The van der Waals surface area contributed by atoms with Crippen molar-refractivity contribution in [2.24, 2.45) is 0 Å². The summed E-state index contributed by atoms with van der Waals surface area (Å²) in [4.78, 5) is 15.7. The number of aromatic nitrogens is 5. The molecule has 2 N–H and O–H groups in total. The van der Waals surface area contributed by atoms with Gasteiger partial charge in [0, 0.05) is 18.0 Å². The van der Waals surface area contributed by atoms with E-state index in [9.17, 15) is 4.79 Å². The van der Waals surface area contributed by atoms with Gasteiger partial charge in [-0.25, -0.2) is 9.78 Å². The minimum atomic E-state index is -0.247. The maximum Gasteiger partial charge on any atom is 0.258 e. The molecule has 1 aromatic carbocycles. The van der Waals surface area contributed by atoms with Crippen molar-refractivity contribution in [2.45, 2.75) is 0 Å². The predicted molar refractivity (Wildman–Crippen MR) is 67.9 cm³/mol. The second-order valence-corrected chi connectivity index (χ2v) is 3.79. The van der Waals surface area contributed by atoms with E-state index >= 15 is 0 Å². The van der Waals surface area contributed by atoms with Crippen LogP contribution in [0.25, 0.3) is 5.69 Å². The first-order chi connectivity index (χ1) is 9.33. The largest absolute Gasteiger partial charge is 0.291 e. The number of H-pyrrole nitrogens is 1. The molecule has 3 rings (SSSR count). The summed E-state index contributed by atoms with van der Waals surface area (Å²) in [5.74, 6) is 0.0740. The summed E-state index contributed by atoms with van der Waals surface area (Å²) in [6.45, 7) is 0. The summed E-state index contributed by atoms with van der Waals surface area (Å²) in [6, 6.07) is 8.93. The van der Waals surface area contributed by atoms with E-state index in [2.05, 4.69) is 25.6 Å². The van der Waals surface area contributed by atoms with Crippen LogP contribution in [0.4, 0.5) is 5.95 Å². The number of benzene rings is 1. The fraction of sp³-hybridized carbons (Fsp3) is 0. The van der Waals surface area contributed by atoms with Gasteiger partial charge in [0.25, 0.3) is 5.91 Å². The molecule has 0 aliphatic rings. The molecule has 0 saturated heterocycles. The summed E-state index contributed by atoms with van der Waals surface area (Å²) in [6.07, 6.45) is 4.87. The lowest BCUT2D eigenvalue weighted by Gasteiger charge is -2.04. The average molecular weight is 254 g/mol. The zero-order chi connectivity index (χ0) is 13.1. The molecule has 1 amide bonds. The van der Waals surface area contributed by atoms with E-state index in [-0.39, 0.29) is 5.91 Å². The van der Waals surface area contributed by atoms with Gasteiger partial charge < -0.3 is 0 Å². The Morgan fingerprint density at radius 2 is 2.11 bits per heavy atom. The molecule has 3 aromatic rings. The number of nitrogens with one attached hydrogen (secondary N) is 2. The normalized spacial score (nSPS) is 10.3. The highest BCUT2D eigenvalue weighted by Crippen LogP contribution is 2.09. The number of amides is 1. The summed E-state index contributed by atoms with van der Waals surface area (Å²) < 4.78 is 1.72. The summed E-state index contributed by atoms with van der Waals surface area (Å²) in [5.41, 5.74) is 1.42. The minimum Gasteiger partial charge on any atom is -0.291 e. The molecular weight excluding hydrogens is 244 g/mol. The molecule has 0 radical (unpaired) electrons. The highest BCUT2D eigenvalue weighted by Gasteiger charge is 2.07. The average Bonchev–Trinajstić information content (AvgIpc) is 3.12. The third-order valence-corrected chi connectivity index (χ3v) is 2.55. The van der Waals surface area contributed by atoms with Crippen LogP contribution in [0.2, 0.25) is 0 Å². The zero-order valence-corrected chi connectivity index (χ0v) is 9.82. The molecular formula is C12H10N6O. The zero-order valence-electron chi connectivity index (χ0n) is 9.82. The van der Waals surface area contributed by atoms with Crippen LogP contribution in [-0.2, 0) is 0 Å². The van der Waals surface area contributed by atoms with Crippen molar-refractivity contribution in [1.82, 2.24) is 25.0 Å². The van der Waals surface area contributed by atoms with Gasteiger partial charge >= 0.3 is 0 Å². The van der Waals surface area contributed by atoms with Gasteiger partial charge in [0.15, 0.2) is 0 Å². The molecule has 0 bridgehead atoms. The van der Waals surface area contributed by atoms with Crippen LogP contribution in [0.1, 0.15) is 10.4 Å². The van der Waals surface area contributed by atoms with E-state index in [4.69, 9.17) is 0 Å². The molecule has 0 aliphatic heterocycles. The Morgan fingerprint density at radius 1 is 1.26 bits per heavy atom. The Labute approximate surface area is 108 Å². The van der Waals surface area contributed by atoms with Crippen LogP contribution >= 0.6 is 0 Å². The second-order valence-electron chi connectivity index (χ2n) is 3.79. The third kappa shape index (κ3) is 2.34. The van der Waals surface area contributed by atoms with Crippen LogP contribution in [0.5, 0.6) is 0 Å². The molecule has 2 heterocycles. The monoisotopic (exact) mass is 254 g/mol. The molecule has 2 aromatic heterocycles. The lowest BCUT2D eigenvalue weighted by Crippen LogP contribution is -2.13. The van der Waals surface area contributed by atoms with Crippen LogP contribution in [-0.4, -0.2) is 30.9 Å². The molecule has 0 spiro atoms. The van der Waals surface area contributed by atoms with Crippen molar-refractivity contribution >= 4 is 11.9 Å². The van der Waals surface area contributed by atoms with Gasteiger partial charge in [-0.2, -0.15) is 15.2 Å². The third-order valence-electron chi connectivity index (χ3n) is 2.55. The fourth-order valence-electron chi connectivity index (χ4n) is 1.63. The van der Waals surface area contributed by atoms with Gasteiger partial charge in [-0.3, -0.25) is 10.1 Å². The minimum absolute atomic E-state index is 0.247. The van der Waals surface area contributed by atoms with Gasteiger partial charge in [0.2, 0.25) is 5.95 Å². The molecule has 94 valence electrons. The number of hydrogen-bond donors (Lipinski definition) is 2. The Balaban J connectivity index is 1.77. The van der Waals surface area contributed by atoms with Gasteiger partial charge in [0.05, 0.1) is 5.69 Å². The topological polar surface area (TPSA) is 88.5 Å². The van der Waals surface area contributed by atoms with Gasteiger partial charge in [-0.05, 0) is 30.3 Å². The number of hydrogen-bond acceptors (Lipinski definition) is 4. The van der Waals surface area contributed by atoms with Crippen LogP contribution < -0.4 is 5.32 Å². The van der Waals surface area contributed by atoms with E-state index < -0.39 is 0 Å². The summed E-state index contributed by atoms with van der Waals surface area (Å²) in [7, 11) is 0. The molecule has 19 heavy (non-hydrogen) atoms. The van der Waals surface area contributed by atoms with Crippen LogP contribution in [0.15, 0.2) is 49.1 Å². The van der Waals surface area contributed by atoms with Crippen molar-refractivity contribution in [1.29, 1.82) is 0 Å². The molecule has 0 unspecified atom stereocenters. The van der Waals surface area contributed by atoms with Gasteiger partial charge in [0.1, 0.15) is 6.33 Å². The number of anilines is 1.